The lowest BCUT2D eigenvalue weighted by atomic mass is 10.1. The molecule has 0 aliphatic carbocycles. The maximum absolute atomic E-state index is 13.0. The van der Waals surface area contributed by atoms with Gasteiger partial charge in [-0.2, -0.15) is 0 Å². The minimum atomic E-state index is -1.09. The molecule has 0 spiro atoms. The number of pyridine rings is 1. The number of rotatable bonds is 9. The number of hydrogen-bond donors (Lipinski definition) is 1. The van der Waals surface area contributed by atoms with Crippen LogP contribution in [0.3, 0.4) is 0 Å². The van der Waals surface area contributed by atoms with Gasteiger partial charge in [-0.05, 0) is 48.0 Å². The minimum Gasteiger partial charge on any atom is -0.491 e. The molecule has 1 aromatic heterocycles. The van der Waals surface area contributed by atoms with Crippen LogP contribution in [0.25, 0.3) is 6.08 Å². The number of nitrogens with zero attached hydrogens (tertiary/aromatic N) is 1. The molecule has 0 bridgehead atoms. The number of halogens is 4. The topological polar surface area (TPSA) is 59.4 Å². The van der Waals surface area contributed by atoms with E-state index < -0.39 is 5.97 Å². The summed E-state index contributed by atoms with van der Waals surface area (Å²) in [5.41, 5.74) is 2.00. The summed E-state index contributed by atoms with van der Waals surface area (Å²) in [7, 11) is 0. The van der Waals surface area contributed by atoms with Crippen molar-refractivity contribution in [3.05, 3.63) is 92.4 Å². The van der Waals surface area contributed by atoms with Crippen LogP contribution in [0.2, 0.25) is 15.1 Å². The Kier molecular flexibility index (Phi) is 8.82. The standard InChI is InChI=1S/C23H17Cl3FNO3S/c24-15-11-18(25)23(19(26)12-15)32-13-17-5-7-21(20(28-17)6-8-22(29)30)31-10-9-14-1-3-16(27)4-2-14/h1-8,11-12H,9-10,13H2,(H,29,30). The van der Waals surface area contributed by atoms with Crippen LogP contribution >= 0.6 is 46.6 Å². The van der Waals surface area contributed by atoms with Crippen LogP contribution in [-0.4, -0.2) is 22.7 Å². The summed E-state index contributed by atoms with van der Waals surface area (Å²) in [6.45, 7) is 0.325. The van der Waals surface area contributed by atoms with Crippen LogP contribution in [0.15, 0.2) is 59.5 Å². The summed E-state index contributed by atoms with van der Waals surface area (Å²) in [6, 6.07) is 12.9. The predicted octanol–water partition coefficient (Wildman–Crippen LogP) is 7.19. The van der Waals surface area contributed by atoms with Gasteiger partial charge in [0.05, 0.1) is 22.3 Å². The Bertz CT molecular complexity index is 1120. The highest BCUT2D eigenvalue weighted by Gasteiger charge is 2.11. The van der Waals surface area contributed by atoms with Crippen molar-refractivity contribution in [3.63, 3.8) is 0 Å². The second kappa shape index (κ2) is 11.6. The third-order valence-corrected chi connectivity index (χ3v) is 6.42. The molecule has 0 unspecified atom stereocenters. The average Bonchev–Trinajstić information content (AvgIpc) is 2.74. The van der Waals surface area contributed by atoms with Gasteiger partial charge in [0.15, 0.2) is 0 Å². The molecule has 1 N–H and O–H groups in total. The van der Waals surface area contributed by atoms with Crippen molar-refractivity contribution in [3.8, 4) is 5.75 Å². The number of benzene rings is 2. The third-order valence-electron chi connectivity index (χ3n) is 4.22. The molecule has 32 heavy (non-hydrogen) atoms. The van der Waals surface area contributed by atoms with E-state index in [1.165, 1.54) is 30.0 Å². The number of carboxylic acid groups (broad SMARTS) is 1. The number of hydrogen-bond acceptors (Lipinski definition) is 4. The zero-order chi connectivity index (χ0) is 23.1. The van der Waals surface area contributed by atoms with Crippen LogP contribution in [0, 0.1) is 5.82 Å². The molecule has 3 aromatic rings. The first-order valence-electron chi connectivity index (χ1n) is 9.37. The van der Waals surface area contributed by atoms with E-state index in [1.807, 2.05) is 0 Å². The molecule has 0 aliphatic heterocycles. The molecular formula is C23H17Cl3FNO3S. The van der Waals surface area contributed by atoms with E-state index in [2.05, 4.69) is 4.98 Å². The number of thioether (sulfide) groups is 1. The first-order chi connectivity index (χ1) is 15.3. The number of carbonyl (C=O) groups is 1. The first-order valence-corrected chi connectivity index (χ1v) is 11.5. The lowest BCUT2D eigenvalue weighted by Gasteiger charge is -2.11. The fourth-order valence-electron chi connectivity index (χ4n) is 2.72. The Morgan fingerprint density at radius 3 is 2.44 bits per heavy atom. The Morgan fingerprint density at radius 2 is 1.78 bits per heavy atom. The summed E-state index contributed by atoms with van der Waals surface area (Å²) in [5.74, 6) is -0.496. The third kappa shape index (κ3) is 7.14. The fraction of sp³-hybridized carbons (Fsp3) is 0.130. The Hall–Kier alpha value is -2.25. The van der Waals surface area contributed by atoms with Crippen molar-refractivity contribution in [1.29, 1.82) is 0 Å². The number of ether oxygens (including phenoxy) is 1. The van der Waals surface area contributed by atoms with Crippen LogP contribution in [0.1, 0.15) is 17.0 Å². The highest BCUT2D eigenvalue weighted by molar-refractivity contribution is 7.98. The van der Waals surface area contributed by atoms with Crippen molar-refractivity contribution in [2.24, 2.45) is 0 Å². The van der Waals surface area contributed by atoms with Gasteiger partial charge >= 0.3 is 5.97 Å². The molecule has 9 heteroatoms. The predicted molar refractivity (Wildman–Crippen MR) is 128 cm³/mol. The molecule has 0 radical (unpaired) electrons. The zero-order valence-corrected chi connectivity index (χ0v) is 19.6. The summed E-state index contributed by atoms with van der Waals surface area (Å²) in [6.07, 6.45) is 2.94. The van der Waals surface area contributed by atoms with E-state index in [0.717, 1.165) is 11.6 Å². The van der Waals surface area contributed by atoms with Gasteiger partial charge in [0.2, 0.25) is 0 Å². The fourth-order valence-corrected chi connectivity index (χ4v) is 4.71. The average molecular weight is 513 g/mol. The normalized spacial score (nSPS) is 11.1. The van der Waals surface area contributed by atoms with E-state index >= 15 is 0 Å². The van der Waals surface area contributed by atoms with Gasteiger partial charge in [0.25, 0.3) is 0 Å². The van der Waals surface area contributed by atoms with E-state index in [4.69, 9.17) is 44.6 Å². The molecule has 0 saturated heterocycles. The van der Waals surface area contributed by atoms with Crippen LogP contribution in [0.5, 0.6) is 5.75 Å². The van der Waals surface area contributed by atoms with Gasteiger partial charge in [0.1, 0.15) is 17.3 Å². The van der Waals surface area contributed by atoms with Gasteiger partial charge in [-0.1, -0.05) is 46.9 Å². The lowest BCUT2D eigenvalue weighted by molar-refractivity contribution is -0.131. The molecule has 0 aliphatic rings. The first kappa shape index (κ1) is 24.4. The maximum atomic E-state index is 13.0. The molecule has 0 saturated carbocycles. The SMILES string of the molecule is O=C(O)C=Cc1nc(CSc2c(Cl)cc(Cl)cc2Cl)ccc1OCCc1ccc(F)cc1. The van der Waals surface area contributed by atoms with Crippen molar-refractivity contribution in [2.75, 3.05) is 6.61 Å². The van der Waals surface area contributed by atoms with E-state index in [1.54, 1.807) is 36.4 Å². The van der Waals surface area contributed by atoms with Crippen LogP contribution in [-0.2, 0) is 17.0 Å². The van der Waals surface area contributed by atoms with Gasteiger partial charge in [-0.15, -0.1) is 11.8 Å². The number of aliphatic carboxylic acids is 1. The maximum Gasteiger partial charge on any atom is 0.328 e. The molecule has 166 valence electrons. The zero-order valence-electron chi connectivity index (χ0n) is 16.5. The van der Waals surface area contributed by atoms with E-state index in [0.29, 0.717) is 55.9 Å². The Balaban J connectivity index is 1.72. The summed E-state index contributed by atoms with van der Waals surface area (Å²) in [5, 5.41) is 10.3. The monoisotopic (exact) mass is 511 g/mol. The molecule has 0 fully saturated rings. The molecule has 0 amide bonds. The second-order valence-corrected chi connectivity index (χ2v) is 8.81. The van der Waals surface area contributed by atoms with Gasteiger partial charge in [0, 0.05) is 28.2 Å². The molecular weight excluding hydrogens is 496 g/mol. The molecule has 3 rings (SSSR count). The summed E-state index contributed by atoms with van der Waals surface area (Å²) < 4.78 is 18.8. The van der Waals surface area contributed by atoms with Gasteiger partial charge in [-0.3, -0.25) is 0 Å². The lowest BCUT2D eigenvalue weighted by Crippen LogP contribution is -2.04. The van der Waals surface area contributed by atoms with Crippen LogP contribution in [0.4, 0.5) is 4.39 Å². The van der Waals surface area contributed by atoms with Crippen molar-refractivity contribution in [2.45, 2.75) is 17.1 Å². The highest BCUT2D eigenvalue weighted by Crippen LogP contribution is 2.38. The molecule has 1 heterocycles. The Morgan fingerprint density at radius 1 is 1.09 bits per heavy atom. The van der Waals surface area contributed by atoms with Crippen molar-refractivity contribution >= 4 is 58.6 Å². The van der Waals surface area contributed by atoms with Crippen molar-refractivity contribution < 1.29 is 19.0 Å². The number of carboxylic acids is 1. The summed E-state index contributed by atoms with van der Waals surface area (Å²) >= 11 is 19.8. The van der Waals surface area contributed by atoms with Gasteiger partial charge < -0.3 is 9.84 Å². The molecule has 0 atom stereocenters. The highest BCUT2D eigenvalue weighted by atomic mass is 35.5. The second-order valence-electron chi connectivity index (χ2n) is 6.57. The van der Waals surface area contributed by atoms with Crippen LogP contribution < -0.4 is 4.74 Å². The van der Waals surface area contributed by atoms with Crippen molar-refractivity contribution in [1.82, 2.24) is 4.98 Å². The molecule has 4 nitrogen and oxygen atoms in total. The Labute approximate surface area is 204 Å². The smallest absolute Gasteiger partial charge is 0.328 e. The summed E-state index contributed by atoms with van der Waals surface area (Å²) in [4.78, 5) is 16.2. The number of aromatic nitrogens is 1. The van der Waals surface area contributed by atoms with Gasteiger partial charge in [-0.25, -0.2) is 14.2 Å². The van der Waals surface area contributed by atoms with E-state index in [-0.39, 0.29) is 5.82 Å². The quantitative estimate of drug-likeness (QED) is 0.243. The largest absolute Gasteiger partial charge is 0.491 e. The molecule has 2 aromatic carbocycles. The van der Waals surface area contributed by atoms with E-state index in [9.17, 15) is 9.18 Å². The minimum absolute atomic E-state index is 0.297.